The third kappa shape index (κ3) is 2.91. The number of nitrogens with two attached hydrogens (primary N) is 1. The van der Waals surface area contributed by atoms with E-state index in [9.17, 15) is 0 Å². The maximum Gasteiger partial charge on any atom is 0.0161 e. The minimum absolute atomic E-state index is 0.102. The summed E-state index contributed by atoms with van der Waals surface area (Å²) < 4.78 is 0. The first kappa shape index (κ1) is 14.3. The predicted molar refractivity (Wildman–Crippen MR) is 78.6 cm³/mol. The molecular formula is C16H32N2. The molecule has 2 fully saturated rings. The zero-order valence-electron chi connectivity index (χ0n) is 12.9. The van der Waals surface area contributed by atoms with Gasteiger partial charge in [-0.25, -0.2) is 0 Å². The van der Waals surface area contributed by atoms with E-state index < -0.39 is 0 Å². The highest BCUT2D eigenvalue weighted by Crippen LogP contribution is 2.46. The van der Waals surface area contributed by atoms with Gasteiger partial charge in [-0.1, -0.05) is 26.7 Å². The van der Waals surface area contributed by atoms with E-state index in [0.717, 1.165) is 12.0 Å². The molecule has 1 spiro atoms. The molecule has 1 aliphatic carbocycles. The lowest BCUT2D eigenvalue weighted by Gasteiger charge is -2.46. The van der Waals surface area contributed by atoms with Crippen molar-refractivity contribution in [3.8, 4) is 0 Å². The van der Waals surface area contributed by atoms with E-state index in [-0.39, 0.29) is 11.0 Å². The Morgan fingerprint density at radius 2 is 1.44 bits per heavy atom. The third-order valence-corrected chi connectivity index (χ3v) is 5.94. The van der Waals surface area contributed by atoms with Crippen molar-refractivity contribution >= 4 is 0 Å². The Balaban J connectivity index is 1.87. The largest absolute Gasteiger partial charge is 0.325 e. The van der Waals surface area contributed by atoms with Gasteiger partial charge in [-0.2, -0.15) is 0 Å². The second-order valence-corrected chi connectivity index (χ2v) is 8.09. The van der Waals surface area contributed by atoms with Gasteiger partial charge < -0.3 is 10.6 Å². The Kier molecular flexibility index (Phi) is 3.81. The van der Waals surface area contributed by atoms with Crippen LogP contribution in [0.25, 0.3) is 0 Å². The van der Waals surface area contributed by atoms with Crippen LogP contribution >= 0.6 is 0 Å². The molecule has 106 valence electrons. The highest BCUT2D eigenvalue weighted by Gasteiger charge is 2.40. The first-order valence-corrected chi connectivity index (χ1v) is 7.76. The normalized spacial score (nSPS) is 25.8. The molecule has 1 aliphatic heterocycles. The van der Waals surface area contributed by atoms with Crippen LogP contribution in [0.5, 0.6) is 0 Å². The van der Waals surface area contributed by atoms with Gasteiger partial charge in [0.2, 0.25) is 0 Å². The molecular weight excluding hydrogens is 220 g/mol. The molecule has 1 heterocycles. The molecule has 0 atom stereocenters. The second kappa shape index (κ2) is 4.79. The fourth-order valence-corrected chi connectivity index (χ4v) is 3.57. The first-order valence-electron chi connectivity index (χ1n) is 7.76. The average Bonchev–Trinajstić information content (AvgIpc) is 2.69. The third-order valence-electron chi connectivity index (χ3n) is 5.94. The van der Waals surface area contributed by atoms with Crippen LogP contribution in [-0.4, -0.2) is 30.1 Å². The molecule has 2 heteroatoms. The lowest BCUT2D eigenvalue weighted by atomic mass is 9.73. The van der Waals surface area contributed by atoms with E-state index in [4.69, 9.17) is 5.73 Å². The first-order chi connectivity index (χ1) is 8.24. The van der Waals surface area contributed by atoms with Gasteiger partial charge in [0.1, 0.15) is 0 Å². The van der Waals surface area contributed by atoms with Crippen LogP contribution in [0.4, 0.5) is 0 Å². The molecule has 18 heavy (non-hydrogen) atoms. The molecule has 0 aromatic heterocycles. The van der Waals surface area contributed by atoms with E-state index in [0.29, 0.717) is 0 Å². The Hall–Kier alpha value is -0.0800. The molecule has 0 amide bonds. The van der Waals surface area contributed by atoms with E-state index in [1.807, 2.05) is 0 Å². The van der Waals surface area contributed by atoms with Crippen molar-refractivity contribution in [3.05, 3.63) is 0 Å². The summed E-state index contributed by atoms with van der Waals surface area (Å²) in [7, 11) is 0. The van der Waals surface area contributed by atoms with Crippen LogP contribution in [0, 0.1) is 10.8 Å². The summed E-state index contributed by atoms with van der Waals surface area (Å²) in [6.45, 7) is 12.7. The molecule has 2 aliphatic rings. The molecule has 2 N–H and O–H groups in total. The number of piperidine rings is 1. The van der Waals surface area contributed by atoms with Crippen molar-refractivity contribution in [3.63, 3.8) is 0 Å². The summed E-state index contributed by atoms with van der Waals surface area (Å²) in [5.74, 6) is 0. The highest BCUT2D eigenvalue weighted by atomic mass is 15.1. The van der Waals surface area contributed by atoms with Crippen LogP contribution < -0.4 is 5.73 Å². The Morgan fingerprint density at radius 3 is 1.89 bits per heavy atom. The van der Waals surface area contributed by atoms with Gasteiger partial charge >= 0.3 is 0 Å². The van der Waals surface area contributed by atoms with Crippen molar-refractivity contribution in [1.29, 1.82) is 0 Å². The highest BCUT2D eigenvalue weighted by molar-refractivity contribution is 4.95. The molecule has 0 bridgehead atoms. The van der Waals surface area contributed by atoms with Gasteiger partial charge in [-0.3, -0.25) is 0 Å². The van der Waals surface area contributed by atoms with Crippen molar-refractivity contribution < 1.29 is 0 Å². The van der Waals surface area contributed by atoms with Crippen LogP contribution in [0.3, 0.4) is 0 Å². The zero-order valence-corrected chi connectivity index (χ0v) is 12.9. The summed E-state index contributed by atoms with van der Waals surface area (Å²) in [5, 5.41) is 0. The van der Waals surface area contributed by atoms with Crippen LogP contribution in [0.15, 0.2) is 0 Å². The molecule has 1 saturated carbocycles. The van der Waals surface area contributed by atoms with Gasteiger partial charge in [0, 0.05) is 12.1 Å². The number of nitrogens with zero attached hydrogens (tertiary/aromatic N) is 1. The number of hydrogen-bond acceptors (Lipinski definition) is 2. The summed E-state index contributed by atoms with van der Waals surface area (Å²) in [6.07, 6.45) is 8.78. The summed E-state index contributed by atoms with van der Waals surface area (Å²) in [4.78, 5) is 2.65. The summed E-state index contributed by atoms with van der Waals surface area (Å²) in [5.41, 5.74) is 7.14. The fraction of sp³-hybridized carbons (Fsp3) is 1.00. The van der Waals surface area contributed by atoms with Crippen molar-refractivity contribution in [2.75, 3.05) is 19.6 Å². The van der Waals surface area contributed by atoms with Crippen molar-refractivity contribution in [2.45, 2.75) is 71.8 Å². The quantitative estimate of drug-likeness (QED) is 0.834. The molecule has 0 aromatic rings. The molecule has 0 radical (unpaired) electrons. The summed E-state index contributed by atoms with van der Waals surface area (Å²) >= 11 is 0. The van der Waals surface area contributed by atoms with Crippen LogP contribution in [-0.2, 0) is 0 Å². The molecule has 0 aromatic carbocycles. The van der Waals surface area contributed by atoms with Crippen molar-refractivity contribution in [1.82, 2.24) is 4.90 Å². The van der Waals surface area contributed by atoms with Crippen LogP contribution in [0.2, 0.25) is 0 Å². The maximum atomic E-state index is 6.32. The number of likely N-dealkylation sites (tertiary alicyclic amines) is 1. The van der Waals surface area contributed by atoms with Crippen LogP contribution in [0.1, 0.15) is 66.2 Å². The standard InChI is InChI=1S/C16H32N2/c1-14(2,15(3,4)17)13-18-11-9-16(10-12-18)7-5-6-8-16/h5-13,17H2,1-4H3. The molecule has 2 rings (SSSR count). The van der Waals surface area contributed by atoms with Gasteiger partial charge in [-0.05, 0) is 63.5 Å². The van der Waals surface area contributed by atoms with Crippen molar-refractivity contribution in [2.24, 2.45) is 16.6 Å². The molecule has 2 nitrogen and oxygen atoms in total. The van der Waals surface area contributed by atoms with E-state index in [1.165, 1.54) is 51.6 Å². The summed E-state index contributed by atoms with van der Waals surface area (Å²) in [6, 6.07) is 0. The van der Waals surface area contributed by atoms with Gasteiger partial charge in [-0.15, -0.1) is 0 Å². The maximum absolute atomic E-state index is 6.32. The Labute approximate surface area is 113 Å². The minimum Gasteiger partial charge on any atom is -0.325 e. The molecule has 1 saturated heterocycles. The van der Waals surface area contributed by atoms with Gasteiger partial charge in [0.15, 0.2) is 0 Å². The topological polar surface area (TPSA) is 29.3 Å². The lowest BCUT2D eigenvalue weighted by Crippen LogP contribution is -2.54. The average molecular weight is 252 g/mol. The number of hydrogen-bond donors (Lipinski definition) is 1. The molecule has 0 unspecified atom stereocenters. The SMILES string of the molecule is CC(C)(N)C(C)(C)CN1CCC2(CCCC2)CC1. The predicted octanol–water partition coefficient (Wildman–Crippen LogP) is 3.41. The Bertz CT molecular complexity index is 272. The number of rotatable bonds is 3. The van der Waals surface area contributed by atoms with Gasteiger partial charge in [0.25, 0.3) is 0 Å². The lowest BCUT2D eigenvalue weighted by molar-refractivity contribution is 0.0547. The van der Waals surface area contributed by atoms with E-state index in [2.05, 4.69) is 32.6 Å². The Morgan fingerprint density at radius 1 is 0.944 bits per heavy atom. The minimum atomic E-state index is -0.102. The smallest absolute Gasteiger partial charge is 0.0161 e. The fourth-order valence-electron chi connectivity index (χ4n) is 3.57. The zero-order chi connectivity index (χ0) is 13.4. The second-order valence-electron chi connectivity index (χ2n) is 8.09. The van der Waals surface area contributed by atoms with E-state index in [1.54, 1.807) is 0 Å². The van der Waals surface area contributed by atoms with E-state index >= 15 is 0 Å². The monoisotopic (exact) mass is 252 g/mol. The van der Waals surface area contributed by atoms with Gasteiger partial charge in [0.05, 0.1) is 0 Å².